The zero-order chi connectivity index (χ0) is 14.0. The molecule has 2 aromatic rings. The summed E-state index contributed by atoms with van der Waals surface area (Å²) in [5.74, 6) is -2.99. The summed E-state index contributed by atoms with van der Waals surface area (Å²) in [4.78, 5) is 28.5. The minimum absolute atomic E-state index is 0.154. The third-order valence-electron chi connectivity index (χ3n) is 2.27. The summed E-state index contributed by atoms with van der Waals surface area (Å²) in [7, 11) is 0. The van der Waals surface area contributed by atoms with Crippen molar-refractivity contribution in [2.45, 2.75) is 0 Å². The molecule has 0 aliphatic heterocycles. The maximum absolute atomic E-state index is 13.6. The van der Waals surface area contributed by atoms with E-state index in [-0.39, 0.29) is 22.1 Å². The third-order valence-corrected chi connectivity index (χ3v) is 2.56. The Hall–Kier alpha value is -2.41. The Kier molecular flexibility index (Phi) is 3.48. The highest BCUT2D eigenvalue weighted by Crippen LogP contribution is 2.22. The fourth-order valence-corrected chi connectivity index (χ4v) is 1.59. The number of carbonyl (C=O) groups excluding carboxylic acids is 1. The van der Waals surface area contributed by atoms with Crippen molar-refractivity contribution < 1.29 is 19.1 Å². The highest BCUT2D eigenvalue weighted by atomic mass is 35.5. The summed E-state index contributed by atoms with van der Waals surface area (Å²) in [6.07, 6.45) is 1.06. The van der Waals surface area contributed by atoms with Crippen molar-refractivity contribution in [2.75, 3.05) is 5.32 Å². The zero-order valence-corrected chi connectivity index (χ0v) is 10.0. The Morgan fingerprint density at radius 2 is 2.16 bits per heavy atom. The van der Waals surface area contributed by atoms with E-state index in [1.165, 1.54) is 18.2 Å². The average molecular weight is 284 g/mol. The lowest BCUT2D eigenvalue weighted by molar-refractivity contribution is 0.0686. The molecule has 0 fully saturated rings. The van der Waals surface area contributed by atoms with Gasteiger partial charge in [0, 0.05) is 0 Å². The van der Waals surface area contributed by atoms with Gasteiger partial charge in [0.15, 0.2) is 17.2 Å². The molecular weight excluding hydrogens is 277 g/mol. The van der Waals surface area contributed by atoms with Crippen LogP contribution in [0.25, 0.3) is 0 Å². The van der Waals surface area contributed by atoms with E-state index in [4.69, 9.17) is 16.7 Å². The van der Waals surface area contributed by atoms with Gasteiger partial charge < -0.3 is 15.4 Å². The van der Waals surface area contributed by atoms with E-state index in [0.717, 1.165) is 6.33 Å². The lowest BCUT2D eigenvalue weighted by Crippen LogP contribution is -2.17. The first-order valence-electron chi connectivity index (χ1n) is 5.02. The van der Waals surface area contributed by atoms with E-state index in [1.807, 2.05) is 0 Å². The number of aromatic nitrogens is 2. The highest BCUT2D eigenvalue weighted by Gasteiger charge is 2.20. The normalized spacial score (nSPS) is 10.2. The Bertz CT molecular complexity index is 656. The number of anilines is 1. The molecule has 19 heavy (non-hydrogen) atoms. The molecule has 8 heteroatoms. The van der Waals surface area contributed by atoms with Crippen LogP contribution in [0.4, 0.5) is 10.1 Å². The Labute approximate surface area is 111 Å². The summed E-state index contributed by atoms with van der Waals surface area (Å²) in [6, 6.07) is 4.07. The van der Waals surface area contributed by atoms with Gasteiger partial charge in [-0.25, -0.2) is 14.2 Å². The van der Waals surface area contributed by atoms with Crippen LogP contribution in [0.1, 0.15) is 21.0 Å². The Morgan fingerprint density at radius 3 is 2.84 bits per heavy atom. The van der Waals surface area contributed by atoms with E-state index in [2.05, 4.69) is 15.3 Å². The minimum Gasteiger partial charge on any atom is -0.477 e. The van der Waals surface area contributed by atoms with Gasteiger partial charge in [0.25, 0.3) is 5.91 Å². The summed E-state index contributed by atoms with van der Waals surface area (Å²) in [5.41, 5.74) is -0.872. The van der Waals surface area contributed by atoms with Crippen molar-refractivity contribution in [3.63, 3.8) is 0 Å². The number of carbonyl (C=O) groups is 2. The molecule has 2 rings (SSSR count). The quantitative estimate of drug-likeness (QED) is 0.804. The fraction of sp³-hybridized carbons (Fsp3) is 0. The number of imidazole rings is 1. The van der Waals surface area contributed by atoms with E-state index in [0.29, 0.717) is 0 Å². The van der Waals surface area contributed by atoms with Gasteiger partial charge in [0.05, 0.1) is 17.0 Å². The number of nitrogens with one attached hydrogen (secondary N) is 2. The van der Waals surface area contributed by atoms with E-state index >= 15 is 0 Å². The number of hydrogen-bond donors (Lipinski definition) is 3. The zero-order valence-electron chi connectivity index (χ0n) is 9.28. The molecule has 0 saturated heterocycles. The molecule has 1 aromatic heterocycles. The number of nitrogens with zero attached hydrogens (tertiary/aromatic N) is 1. The van der Waals surface area contributed by atoms with Gasteiger partial charge in [-0.1, -0.05) is 17.7 Å². The number of amides is 1. The molecule has 0 aliphatic rings. The predicted molar refractivity (Wildman–Crippen MR) is 64.9 cm³/mol. The monoisotopic (exact) mass is 283 g/mol. The lowest BCUT2D eigenvalue weighted by Gasteiger charge is -2.06. The molecule has 1 heterocycles. The molecule has 1 amide bonds. The number of carboxylic acids is 1. The van der Waals surface area contributed by atoms with Crippen LogP contribution in [0.5, 0.6) is 0 Å². The maximum atomic E-state index is 13.6. The van der Waals surface area contributed by atoms with Crippen LogP contribution in [0.15, 0.2) is 24.5 Å². The van der Waals surface area contributed by atoms with Crippen LogP contribution in [0.3, 0.4) is 0 Å². The first-order chi connectivity index (χ1) is 9.00. The fourth-order valence-electron chi connectivity index (χ4n) is 1.41. The molecular formula is C11H7ClFN3O3. The number of aromatic carboxylic acids is 1. The van der Waals surface area contributed by atoms with Gasteiger partial charge in [-0.2, -0.15) is 0 Å². The van der Waals surface area contributed by atoms with Crippen molar-refractivity contribution in [3.8, 4) is 0 Å². The minimum atomic E-state index is -1.34. The molecule has 0 radical (unpaired) electrons. The predicted octanol–water partition coefficient (Wildman–Crippen LogP) is 2.15. The number of benzene rings is 1. The number of carboxylic acid groups (broad SMARTS) is 1. The van der Waals surface area contributed by atoms with Crippen molar-refractivity contribution >= 4 is 29.2 Å². The SMILES string of the molecule is O=C(Nc1cccc(Cl)c1F)c1nc[nH]c1C(=O)O. The number of H-pyrrole nitrogens is 1. The second kappa shape index (κ2) is 5.07. The Balaban J connectivity index is 2.29. The molecule has 98 valence electrons. The second-order valence-electron chi connectivity index (χ2n) is 3.49. The highest BCUT2D eigenvalue weighted by molar-refractivity contribution is 6.31. The van der Waals surface area contributed by atoms with Crippen LogP contribution in [0.2, 0.25) is 5.02 Å². The van der Waals surface area contributed by atoms with Crippen LogP contribution in [0, 0.1) is 5.82 Å². The van der Waals surface area contributed by atoms with Gasteiger partial charge in [-0.3, -0.25) is 4.79 Å². The molecule has 0 unspecified atom stereocenters. The molecule has 6 nitrogen and oxygen atoms in total. The molecule has 0 aliphatic carbocycles. The summed E-state index contributed by atoms with van der Waals surface area (Å²) < 4.78 is 13.6. The van der Waals surface area contributed by atoms with Crippen molar-refractivity contribution in [3.05, 3.63) is 46.8 Å². The third kappa shape index (κ3) is 2.55. The molecule has 0 bridgehead atoms. The average Bonchev–Trinajstić information content (AvgIpc) is 2.84. The summed E-state index contributed by atoms with van der Waals surface area (Å²) in [5, 5.41) is 10.9. The van der Waals surface area contributed by atoms with Crippen LogP contribution < -0.4 is 5.32 Å². The molecule has 0 saturated carbocycles. The molecule has 1 aromatic carbocycles. The van der Waals surface area contributed by atoms with Crippen molar-refractivity contribution in [1.82, 2.24) is 9.97 Å². The van der Waals surface area contributed by atoms with Crippen molar-refractivity contribution in [1.29, 1.82) is 0 Å². The summed E-state index contributed by atoms with van der Waals surface area (Å²) in [6.45, 7) is 0. The number of halogens is 2. The lowest BCUT2D eigenvalue weighted by atomic mass is 10.2. The molecule has 0 atom stereocenters. The summed E-state index contributed by atoms with van der Waals surface area (Å²) >= 11 is 5.56. The standard InChI is InChI=1S/C11H7ClFN3O3/c12-5-2-1-3-6(7(5)13)16-10(17)8-9(11(18)19)15-4-14-8/h1-4H,(H,14,15)(H,16,17)(H,18,19). The van der Waals surface area contributed by atoms with E-state index < -0.39 is 17.7 Å². The number of aromatic amines is 1. The van der Waals surface area contributed by atoms with Gasteiger partial charge in [0.1, 0.15) is 0 Å². The first kappa shape index (κ1) is 13.0. The van der Waals surface area contributed by atoms with E-state index in [9.17, 15) is 14.0 Å². The smallest absolute Gasteiger partial charge is 0.354 e. The van der Waals surface area contributed by atoms with Crippen LogP contribution >= 0.6 is 11.6 Å². The van der Waals surface area contributed by atoms with Crippen LogP contribution in [-0.2, 0) is 0 Å². The largest absolute Gasteiger partial charge is 0.477 e. The first-order valence-corrected chi connectivity index (χ1v) is 5.40. The van der Waals surface area contributed by atoms with E-state index in [1.54, 1.807) is 0 Å². The van der Waals surface area contributed by atoms with Gasteiger partial charge in [-0.05, 0) is 12.1 Å². The molecule has 3 N–H and O–H groups in total. The number of hydrogen-bond acceptors (Lipinski definition) is 3. The van der Waals surface area contributed by atoms with Gasteiger partial charge in [0.2, 0.25) is 0 Å². The van der Waals surface area contributed by atoms with Gasteiger partial charge >= 0.3 is 5.97 Å². The molecule has 0 spiro atoms. The topological polar surface area (TPSA) is 95.1 Å². The van der Waals surface area contributed by atoms with Crippen LogP contribution in [-0.4, -0.2) is 27.0 Å². The van der Waals surface area contributed by atoms with Gasteiger partial charge in [-0.15, -0.1) is 0 Å². The maximum Gasteiger partial charge on any atom is 0.354 e. The number of rotatable bonds is 3. The second-order valence-corrected chi connectivity index (χ2v) is 3.89. The van der Waals surface area contributed by atoms with Crippen molar-refractivity contribution in [2.24, 2.45) is 0 Å². The Morgan fingerprint density at radius 1 is 1.42 bits per heavy atom.